The van der Waals surface area contributed by atoms with Crippen LogP contribution in [0.3, 0.4) is 0 Å². The molecule has 0 N–H and O–H groups in total. The van der Waals surface area contributed by atoms with Crippen molar-refractivity contribution in [3.63, 3.8) is 0 Å². The Labute approximate surface area is 152 Å². The number of carbonyl (C=O) groups is 1. The van der Waals surface area contributed by atoms with Crippen molar-refractivity contribution in [3.05, 3.63) is 47.5 Å². The van der Waals surface area contributed by atoms with Gasteiger partial charge >= 0.3 is 0 Å². The number of ether oxygens (including phenoxy) is 5. The number of hydrogen-bond acceptors (Lipinski definition) is 6. The molecule has 0 atom stereocenters. The van der Waals surface area contributed by atoms with Gasteiger partial charge in [-0.3, -0.25) is 4.79 Å². The zero-order valence-electron chi connectivity index (χ0n) is 15.5. The molecule has 0 unspecified atom stereocenters. The summed E-state index contributed by atoms with van der Waals surface area (Å²) < 4.78 is 26.5. The number of methoxy groups -OCH3 is 5. The van der Waals surface area contributed by atoms with Crippen molar-refractivity contribution >= 4 is 11.9 Å². The number of allylic oxidation sites excluding steroid dienone is 1. The van der Waals surface area contributed by atoms with Gasteiger partial charge in [-0.1, -0.05) is 0 Å². The van der Waals surface area contributed by atoms with Crippen LogP contribution < -0.4 is 23.7 Å². The first-order valence-electron chi connectivity index (χ1n) is 7.83. The lowest BCUT2D eigenvalue weighted by molar-refractivity contribution is 0.104. The molecule has 138 valence electrons. The van der Waals surface area contributed by atoms with Crippen molar-refractivity contribution in [2.75, 3.05) is 35.5 Å². The number of carbonyl (C=O) groups excluding carboxylic acids is 1. The van der Waals surface area contributed by atoms with E-state index in [0.717, 1.165) is 0 Å². The number of hydrogen-bond donors (Lipinski definition) is 0. The summed E-state index contributed by atoms with van der Waals surface area (Å²) in [6, 6.07) is 8.68. The molecule has 0 aromatic heterocycles. The average Bonchev–Trinajstić information content (AvgIpc) is 2.70. The van der Waals surface area contributed by atoms with Gasteiger partial charge in [0.05, 0.1) is 35.5 Å². The Morgan fingerprint density at radius 1 is 0.769 bits per heavy atom. The van der Waals surface area contributed by atoms with Crippen molar-refractivity contribution in [2.45, 2.75) is 0 Å². The first-order valence-corrected chi connectivity index (χ1v) is 7.83. The van der Waals surface area contributed by atoms with Crippen LogP contribution in [0.15, 0.2) is 36.4 Å². The predicted molar refractivity (Wildman–Crippen MR) is 99.0 cm³/mol. The Morgan fingerprint density at radius 2 is 1.38 bits per heavy atom. The molecule has 26 heavy (non-hydrogen) atoms. The molecule has 0 aliphatic rings. The van der Waals surface area contributed by atoms with Gasteiger partial charge in [0.1, 0.15) is 22.8 Å². The summed E-state index contributed by atoms with van der Waals surface area (Å²) in [5.74, 6) is 2.16. The minimum Gasteiger partial charge on any atom is -0.497 e. The van der Waals surface area contributed by atoms with Crippen LogP contribution in [-0.4, -0.2) is 41.3 Å². The topological polar surface area (TPSA) is 63.2 Å². The molecule has 0 aliphatic carbocycles. The van der Waals surface area contributed by atoms with Gasteiger partial charge in [0.15, 0.2) is 17.3 Å². The second-order valence-corrected chi connectivity index (χ2v) is 5.18. The Morgan fingerprint density at radius 3 is 1.96 bits per heavy atom. The molecule has 0 saturated heterocycles. The van der Waals surface area contributed by atoms with Gasteiger partial charge in [-0.2, -0.15) is 0 Å². The van der Waals surface area contributed by atoms with Crippen LogP contribution >= 0.6 is 0 Å². The number of ketones is 1. The fourth-order valence-electron chi connectivity index (χ4n) is 2.53. The Hall–Kier alpha value is -3.15. The maximum atomic E-state index is 12.8. The number of rotatable bonds is 8. The molecule has 0 aliphatic heterocycles. The monoisotopic (exact) mass is 358 g/mol. The first kappa shape index (κ1) is 19.2. The van der Waals surface area contributed by atoms with Crippen LogP contribution in [0, 0.1) is 0 Å². The van der Waals surface area contributed by atoms with Crippen LogP contribution in [0.4, 0.5) is 0 Å². The van der Waals surface area contributed by atoms with E-state index in [9.17, 15) is 4.79 Å². The van der Waals surface area contributed by atoms with E-state index in [1.807, 2.05) is 0 Å². The standard InChI is InChI=1S/C20H22O6/c1-22-14-7-9-16(23-2)13(12-14)6-8-15(21)19-17(24-3)10-11-18(25-4)20(19)26-5/h6-12H,1-5H3/b8-6+. The van der Waals surface area contributed by atoms with Crippen molar-refractivity contribution < 1.29 is 28.5 Å². The van der Waals surface area contributed by atoms with E-state index in [1.54, 1.807) is 50.6 Å². The van der Waals surface area contributed by atoms with Crippen LogP contribution in [0.5, 0.6) is 28.7 Å². The normalized spacial score (nSPS) is 10.5. The van der Waals surface area contributed by atoms with Gasteiger partial charge in [0.2, 0.25) is 0 Å². The molecule has 6 heteroatoms. The molecule has 0 amide bonds. The predicted octanol–water partition coefficient (Wildman–Crippen LogP) is 3.63. The highest BCUT2D eigenvalue weighted by Crippen LogP contribution is 2.38. The van der Waals surface area contributed by atoms with Crippen LogP contribution in [0.2, 0.25) is 0 Å². The smallest absolute Gasteiger partial charge is 0.193 e. The second-order valence-electron chi connectivity index (χ2n) is 5.18. The van der Waals surface area contributed by atoms with Crippen molar-refractivity contribution in [1.82, 2.24) is 0 Å². The third-order valence-corrected chi connectivity index (χ3v) is 3.82. The molecule has 0 heterocycles. The Kier molecular flexibility index (Phi) is 6.49. The van der Waals surface area contributed by atoms with Crippen LogP contribution in [0.25, 0.3) is 6.08 Å². The van der Waals surface area contributed by atoms with E-state index in [0.29, 0.717) is 34.3 Å². The number of benzene rings is 2. The molecule has 0 bridgehead atoms. The fourth-order valence-corrected chi connectivity index (χ4v) is 2.53. The summed E-state index contributed by atoms with van der Waals surface area (Å²) in [6.07, 6.45) is 3.08. The quantitative estimate of drug-likeness (QED) is 0.530. The SMILES string of the molecule is COc1ccc(OC)c(/C=C/C(=O)c2c(OC)ccc(OC)c2OC)c1. The Balaban J connectivity index is 2.46. The van der Waals surface area contributed by atoms with Crippen LogP contribution in [-0.2, 0) is 0 Å². The summed E-state index contributed by atoms with van der Waals surface area (Å²) in [5.41, 5.74) is 0.994. The van der Waals surface area contributed by atoms with E-state index >= 15 is 0 Å². The molecule has 0 spiro atoms. The molecule has 6 nitrogen and oxygen atoms in total. The molecule has 0 radical (unpaired) electrons. The van der Waals surface area contributed by atoms with Gasteiger partial charge in [0, 0.05) is 5.56 Å². The summed E-state index contributed by atoms with van der Waals surface area (Å²) in [5, 5.41) is 0. The van der Waals surface area contributed by atoms with Gasteiger partial charge in [0.25, 0.3) is 0 Å². The van der Waals surface area contributed by atoms with Crippen molar-refractivity contribution in [2.24, 2.45) is 0 Å². The lowest BCUT2D eigenvalue weighted by Gasteiger charge is -2.14. The highest BCUT2D eigenvalue weighted by Gasteiger charge is 2.20. The zero-order valence-corrected chi connectivity index (χ0v) is 15.5. The highest BCUT2D eigenvalue weighted by atomic mass is 16.5. The van der Waals surface area contributed by atoms with E-state index in [-0.39, 0.29) is 11.3 Å². The van der Waals surface area contributed by atoms with E-state index in [4.69, 9.17) is 23.7 Å². The Bertz CT molecular complexity index is 810. The van der Waals surface area contributed by atoms with Gasteiger partial charge in [-0.25, -0.2) is 0 Å². The lowest BCUT2D eigenvalue weighted by atomic mass is 10.1. The van der Waals surface area contributed by atoms with Crippen LogP contribution in [0.1, 0.15) is 15.9 Å². The molecule has 2 rings (SSSR count). The van der Waals surface area contributed by atoms with Gasteiger partial charge in [-0.05, 0) is 42.5 Å². The highest BCUT2D eigenvalue weighted by molar-refractivity contribution is 6.11. The van der Waals surface area contributed by atoms with Gasteiger partial charge < -0.3 is 23.7 Å². The first-order chi connectivity index (χ1) is 12.6. The van der Waals surface area contributed by atoms with Crippen molar-refractivity contribution in [1.29, 1.82) is 0 Å². The van der Waals surface area contributed by atoms with Crippen molar-refractivity contribution in [3.8, 4) is 28.7 Å². The van der Waals surface area contributed by atoms with Gasteiger partial charge in [-0.15, -0.1) is 0 Å². The fraction of sp³-hybridized carbons (Fsp3) is 0.250. The third-order valence-electron chi connectivity index (χ3n) is 3.82. The molecule has 2 aromatic carbocycles. The summed E-state index contributed by atoms with van der Waals surface area (Å²) in [4.78, 5) is 12.8. The molecule has 2 aromatic rings. The molecule has 0 saturated carbocycles. The maximum absolute atomic E-state index is 12.8. The molecular formula is C20H22O6. The minimum atomic E-state index is -0.289. The van der Waals surface area contributed by atoms with E-state index < -0.39 is 0 Å². The summed E-state index contributed by atoms with van der Waals surface area (Å²) >= 11 is 0. The second kappa shape index (κ2) is 8.80. The largest absolute Gasteiger partial charge is 0.497 e. The third kappa shape index (κ3) is 3.91. The zero-order chi connectivity index (χ0) is 19.1. The minimum absolute atomic E-state index is 0.285. The lowest BCUT2D eigenvalue weighted by Crippen LogP contribution is -2.04. The average molecular weight is 358 g/mol. The summed E-state index contributed by atoms with van der Waals surface area (Å²) in [7, 11) is 7.62. The molecule has 0 fully saturated rings. The van der Waals surface area contributed by atoms with E-state index in [2.05, 4.69) is 0 Å². The maximum Gasteiger partial charge on any atom is 0.193 e. The van der Waals surface area contributed by atoms with E-state index in [1.165, 1.54) is 27.4 Å². The summed E-state index contributed by atoms with van der Waals surface area (Å²) in [6.45, 7) is 0. The molecular weight excluding hydrogens is 336 g/mol.